The second-order valence-corrected chi connectivity index (χ2v) is 5.29. The van der Waals surface area contributed by atoms with Gasteiger partial charge in [-0.05, 0) is 18.2 Å². The number of fused-ring (bicyclic) bond motifs is 1. The maximum Gasteiger partial charge on any atom is 0.166 e. The SMILES string of the molecule is COc1ccccc1-c1cnc2c(-c3ccccn3)c(N)nn2c1. The highest BCUT2D eigenvalue weighted by molar-refractivity contribution is 5.85. The van der Waals surface area contributed by atoms with Crippen molar-refractivity contribution < 1.29 is 4.74 Å². The van der Waals surface area contributed by atoms with E-state index in [4.69, 9.17) is 10.5 Å². The lowest BCUT2D eigenvalue weighted by Gasteiger charge is -2.08. The molecule has 0 saturated carbocycles. The maximum absolute atomic E-state index is 6.09. The zero-order valence-electron chi connectivity index (χ0n) is 13.0. The third kappa shape index (κ3) is 2.25. The molecule has 0 aliphatic rings. The molecule has 0 aliphatic carbocycles. The van der Waals surface area contributed by atoms with Crippen molar-refractivity contribution in [3.8, 4) is 28.1 Å². The Hall–Kier alpha value is -3.41. The Bertz CT molecular complexity index is 1010. The molecule has 2 N–H and O–H groups in total. The van der Waals surface area contributed by atoms with Crippen molar-refractivity contribution in [3.63, 3.8) is 0 Å². The molecule has 3 heterocycles. The van der Waals surface area contributed by atoms with E-state index in [1.807, 2.05) is 48.7 Å². The Morgan fingerprint density at radius 2 is 1.88 bits per heavy atom. The lowest BCUT2D eigenvalue weighted by Crippen LogP contribution is -1.94. The number of anilines is 1. The minimum absolute atomic E-state index is 0.401. The van der Waals surface area contributed by atoms with Crippen molar-refractivity contribution in [1.82, 2.24) is 19.6 Å². The van der Waals surface area contributed by atoms with Gasteiger partial charge in [0.05, 0.1) is 18.4 Å². The summed E-state index contributed by atoms with van der Waals surface area (Å²) >= 11 is 0. The van der Waals surface area contributed by atoms with Crippen LogP contribution in [0.2, 0.25) is 0 Å². The summed E-state index contributed by atoms with van der Waals surface area (Å²) in [5.74, 6) is 1.18. The number of pyridine rings is 1. The lowest BCUT2D eigenvalue weighted by atomic mass is 10.1. The van der Waals surface area contributed by atoms with E-state index >= 15 is 0 Å². The Labute approximate surface area is 138 Å². The molecule has 0 spiro atoms. The summed E-state index contributed by atoms with van der Waals surface area (Å²) in [6.45, 7) is 0. The molecule has 0 amide bonds. The highest BCUT2D eigenvalue weighted by Crippen LogP contribution is 2.32. The molecule has 0 unspecified atom stereocenters. The molecule has 4 aromatic rings. The molecular weight excluding hydrogens is 302 g/mol. The average Bonchev–Trinajstić information content (AvgIpc) is 2.97. The van der Waals surface area contributed by atoms with Crippen LogP contribution in [-0.4, -0.2) is 26.7 Å². The third-order valence-electron chi connectivity index (χ3n) is 3.84. The van der Waals surface area contributed by atoms with Gasteiger partial charge >= 0.3 is 0 Å². The van der Waals surface area contributed by atoms with Gasteiger partial charge in [-0.1, -0.05) is 24.3 Å². The van der Waals surface area contributed by atoms with Crippen LogP contribution in [0.15, 0.2) is 61.1 Å². The molecule has 0 fully saturated rings. The number of rotatable bonds is 3. The van der Waals surface area contributed by atoms with Gasteiger partial charge in [-0.25, -0.2) is 9.50 Å². The van der Waals surface area contributed by atoms with E-state index in [9.17, 15) is 0 Å². The molecule has 0 radical (unpaired) electrons. The van der Waals surface area contributed by atoms with Crippen LogP contribution in [0, 0.1) is 0 Å². The standard InChI is InChI=1S/C18H15N5O/c1-24-15-8-3-2-6-13(15)12-10-21-18-16(14-7-4-5-9-20-14)17(19)22-23(18)11-12/h2-11H,1H3,(H2,19,22). The summed E-state index contributed by atoms with van der Waals surface area (Å²) in [5, 5.41) is 4.38. The Morgan fingerprint density at radius 3 is 2.67 bits per heavy atom. The largest absolute Gasteiger partial charge is 0.496 e. The van der Waals surface area contributed by atoms with Crippen LogP contribution in [0.1, 0.15) is 0 Å². The van der Waals surface area contributed by atoms with E-state index in [-0.39, 0.29) is 0 Å². The first kappa shape index (κ1) is 14.2. The molecule has 0 aliphatic heterocycles. The molecule has 4 rings (SSSR count). The van der Waals surface area contributed by atoms with Gasteiger partial charge in [-0.3, -0.25) is 4.98 Å². The third-order valence-corrected chi connectivity index (χ3v) is 3.84. The van der Waals surface area contributed by atoms with E-state index in [0.29, 0.717) is 11.5 Å². The number of hydrogen-bond acceptors (Lipinski definition) is 5. The molecule has 1 aromatic carbocycles. The highest BCUT2D eigenvalue weighted by atomic mass is 16.5. The summed E-state index contributed by atoms with van der Waals surface area (Å²) in [7, 11) is 1.65. The number of methoxy groups -OCH3 is 1. The van der Waals surface area contributed by atoms with Crippen molar-refractivity contribution >= 4 is 11.5 Å². The van der Waals surface area contributed by atoms with E-state index in [1.165, 1.54) is 0 Å². The zero-order valence-corrected chi connectivity index (χ0v) is 13.0. The van der Waals surface area contributed by atoms with Gasteiger partial charge in [-0.2, -0.15) is 0 Å². The van der Waals surface area contributed by atoms with Gasteiger partial charge in [0.1, 0.15) is 5.75 Å². The number of nitrogens with zero attached hydrogens (tertiary/aromatic N) is 4. The van der Waals surface area contributed by atoms with Crippen LogP contribution >= 0.6 is 0 Å². The Morgan fingerprint density at radius 1 is 1.04 bits per heavy atom. The van der Waals surface area contributed by atoms with Crippen molar-refractivity contribution in [2.75, 3.05) is 12.8 Å². The van der Waals surface area contributed by atoms with Crippen molar-refractivity contribution in [1.29, 1.82) is 0 Å². The minimum Gasteiger partial charge on any atom is -0.496 e. The van der Waals surface area contributed by atoms with Gasteiger partial charge in [0.2, 0.25) is 0 Å². The molecule has 24 heavy (non-hydrogen) atoms. The first-order chi connectivity index (χ1) is 11.8. The normalized spacial score (nSPS) is 10.9. The van der Waals surface area contributed by atoms with Crippen molar-refractivity contribution in [2.24, 2.45) is 0 Å². The van der Waals surface area contributed by atoms with Crippen LogP contribution < -0.4 is 10.5 Å². The molecule has 6 nitrogen and oxygen atoms in total. The van der Waals surface area contributed by atoms with Gasteiger partial charge in [-0.15, -0.1) is 5.10 Å². The molecular formula is C18H15N5O. The van der Waals surface area contributed by atoms with Gasteiger partial charge in [0, 0.05) is 29.7 Å². The van der Waals surface area contributed by atoms with Gasteiger partial charge < -0.3 is 10.5 Å². The first-order valence-electron chi connectivity index (χ1n) is 7.46. The molecule has 0 bridgehead atoms. The van der Waals surface area contributed by atoms with Crippen LogP contribution in [0.5, 0.6) is 5.75 Å². The van der Waals surface area contributed by atoms with Crippen LogP contribution in [0.25, 0.3) is 28.0 Å². The number of benzene rings is 1. The predicted octanol–water partition coefficient (Wildman–Crippen LogP) is 3.05. The molecule has 0 saturated heterocycles. The summed E-state index contributed by atoms with van der Waals surface area (Å²) in [6, 6.07) is 13.4. The van der Waals surface area contributed by atoms with Gasteiger partial charge in [0.15, 0.2) is 11.5 Å². The van der Waals surface area contributed by atoms with E-state index in [2.05, 4.69) is 15.1 Å². The quantitative estimate of drug-likeness (QED) is 0.628. The second kappa shape index (κ2) is 5.66. The molecule has 3 aromatic heterocycles. The number of aromatic nitrogens is 4. The number of nitrogens with two attached hydrogens (primary N) is 1. The predicted molar refractivity (Wildman–Crippen MR) is 92.6 cm³/mol. The molecule has 0 atom stereocenters. The fourth-order valence-corrected chi connectivity index (χ4v) is 2.73. The summed E-state index contributed by atoms with van der Waals surface area (Å²) in [4.78, 5) is 8.90. The van der Waals surface area contributed by atoms with Crippen LogP contribution in [0.3, 0.4) is 0 Å². The Kier molecular flexibility index (Phi) is 3.35. The number of nitrogen functional groups attached to an aromatic ring is 1. The summed E-state index contributed by atoms with van der Waals surface area (Å²) in [5.41, 5.74) is 10.1. The molecule has 6 heteroatoms. The zero-order chi connectivity index (χ0) is 16.5. The number of para-hydroxylation sites is 1. The fraction of sp³-hybridized carbons (Fsp3) is 0.0556. The topological polar surface area (TPSA) is 78.3 Å². The molecule has 118 valence electrons. The summed E-state index contributed by atoms with van der Waals surface area (Å²) < 4.78 is 7.10. The maximum atomic E-state index is 6.09. The van der Waals surface area contributed by atoms with Gasteiger partial charge in [0.25, 0.3) is 0 Å². The number of hydrogen-bond donors (Lipinski definition) is 1. The summed E-state index contributed by atoms with van der Waals surface area (Å²) in [6.07, 6.45) is 5.41. The average molecular weight is 317 g/mol. The second-order valence-electron chi connectivity index (χ2n) is 5.29. The number of ether oxygens (including phenoxy) is 1. The first-order valence-corrected chi connectivity index (χ1v) is 7.46. The Balaban J connectivity index is 1.89. The van der Waals surface area contributed by atoms with Crippen LogP contribution in [0.4, 0.5) is 5.82 Å². The minimum atomic E-state index is 0.401. The van der Waals surface area contributed by atoms with E-state index in [0.717, 1.165) is 28.1 Å². The van der Waals surface area contributed by atoms with Crippen molar-refractivity contribution in [2.45, 2.75) is 0 Å². The fourth-order valence-electron chi connectivity index (χ4n) is 2.73. The van der Waals surface area contributed by atoms with Crippen LogP contribution in [-0.2, 0) is 0 Å². The van der Waals surface area contributed by atoms with E-state index in [1.54, 1.807) is 24.0 Å². The lowest BCUT2D eigenvalue weighted by molar-refractivity contribution is 0.416. The van der Waals surface area contributed by atoms with E-state index < -0.39 is 0 Å². The van der Waals surface area contributed by atoms with Crippen molar-refractivity contribution in [3.05, 3.63) is 61.1 Å². The smallest absolute Gasteiger partial charge is 0.166 e. The monoisotopic (exact) mass is 317 g/mol. The highest BCUT2D eigenvalue weighted by Gasteiger charge is 2.16.